The second-order valence-corrected chi connectivity index (χ2v) is 1.63. The number of carbonyl (C=O) groups is 2. The molecular formula is C8H14N2O4. The Morgan fingerprint density at radius 2 is 1.07 bits per heavy atom. The van der Waals surface area contributed by atoms with Crippen LogP contribution in [-0.2, 0) is 9.59 Å². The lowest BCUT2D eigenvalue weighted by atomic mass is 10.6. The van der Waals surface area contributed by atoms with Crippen molar-refractivity contribution in [2.45, 2.75) is 0 Å². The second kappa shape index (κ2) is 13.4. The van der Waals surface area contributed by atoms with E-state index in [9.17, 15) is 9.59 Å². The number of aliphatic hydroxyl groups excluding tert-OH is 1. The maximum absolute atomic E-state index is 9.47. The summed E-state index contributed by atoms with van der Waals surface area (Å²) < 4.78 is 0. The van der Waals surface area contributed by atoms with Crippen LogP contribution in [0.3, 0.4) is 0 Å². The first-order chi connectivity index (χ1) is 6.27. The van der Waals surface area contributed by atoms with Crippen molar-refractivity contribution in [1.82, 2.24) is 0 Å². The summed E-state index contributed by atoms with van der Waals surface area (Å²) in [4.78, 5) is 18.9. The van der Waals surface area contributed by atoms with Crippen LogP contribution in [0.15, 0.2) is 37.8 Å². The van der Waals surface area contributed by atoms with E-state index >= 15 is 0 Å². The van der Waals surface area contributed by atoms with Crippen LogP contribution in [0.2, 0.25) is 0 Å². The fourth-order valence-corrected chi connectivity index (χ4v) is 0. The number of nitrogens with two attached hydrogens (primary N) is 2. The van der Waals surface area contributed by atoms with Crippen LogP contribution in [0, 0.1) is 0 Å². The molecule has 0 atom stereocenters. The molecule has 0 heterocycles. The third kappa shape index (κ3) is 242. The van der Waals surface area contributed by atoms with E-state index in [-0.39, 0.29) is 0 Å². The lowest BCUT2D eigenvalue weighted by molar-refractivity contribution is -0.114. The number of hydrogen-bond donors (Lipinski definition) is 4. The standard InChI is InChI=1S/2C3H5NO.C2H4O2/c2*1-2-3(4)5;1-2(3)4/h2*2H,1H2,(H2,4,5);3-4H,1H2. The molecule has 0 aromatic heterocycles. The highest BCUT2D eigenvalue weighted by Crippen LogP contribution is 1.58. The van der Waals surface area contributed by atoms with E-state index < -0.39 is 17.8 Å². The zero-order valence-electron chi connectivity index (χ0n) is 7.64. The molecule has 0 saturated carbocycles. The van der Waals surface area contributed by atoms with Gasteiger partial charge in [-0.1, -0.05) is 13.2 Å². The van der Waals surface area contributed by atoms with Crippen molar-refractivity contribution in [2.75, 3.05) is 0 Å². The Morgan fingerprint density at radius 3 is 1.07 bits per heavy atom. The molecule has 0 radical (unpaired) electrons. The fraction of sp³-hybridized carbons (Fsp3) is 0. The van der Waals surface area contributed by atoms with Crippen LogP contribution in [-0.4, -0.2) is 22.0 Å². The van der Waals surface area contributed by atoms with E-state index in [1.807, 2.05) is 0 Å². The number of primary amides is 2. The van der Waals surface area contributed by atoms with Gasteiger partial charge < -0.3 is 21.7 Å². The van der Waals surface area contributed by atoms with Crippen LogP contribution in [0.25, 0.3) is 0 Å². The van der Waals surface area contributed by atoms with Crippen LogP contribution in [0.1, 0.15) is 0 Å². The van der Waals surface area contributed by atoms with E-state index in [0.29, 0.717) is 0 Å². The quantitative estimate of drug-likeness (QED) is 0.368. The van der Waals surface area contributed by atoms with Gasteiger partial charge in [-0.3, -0.25) is 9.59 Å². The molecule has 0 aliphatic rings. The molecule has 6 heteroatoms. The van der Waals surface area contributed by atoms with Gasteiger partial charge in [-0.05, 0) is 18.7 Å². The molecule has 80 valence electrons. The molecule has 0 rings (SSSR count). The van der Waals surface area contributed by atoms with Crippen molar-refractivity contribution in [3.8, 4) is 0 Å². The van der Waals surface area contributed by atoms with Gasteiger partial charge in [0.1, 0.15) is 0 Å². The third-order valence-corrected chi connectivity index (χ3v) is 0.402. The van der Waals surface area contributed by atoms with Gasteiger partial charge in [-0.15, -0.1) is 0 Å². The average Bonchev–Trinajstić information content (AvgIpc) is 2.04. The number of amides is 2. The summed E-state index contributed by atoms with van der Waals surface area (Å²) >= 11 is 0. The zero-order valence-corrected chi connectivity index (χ0v) is 7.64. The van der Waals surface area contributed by atoms with Crippen LogP contribution < -0.4 is 11.5 Å². The molecule has 0 aliphatic heterocycles. The van der Waals surface area contributed by atoms with Crippen LogP contribution in [0.4, 0.5) is 0 Å². The summed E-state index contributed by atoms with van der Waals surface area (Å²) in [6.07, 6.45) is 2.11. The average molecular weight is 202 g/mol. The van der Waals surface area contributed by atoms with Gasteiger partial charge in [0.2, 0.25) is 11.8 Å². The van der Waals surface area contributed by atoms with Crippen molar-refractivity contribution in [2.24, 2.45) is 11.5 Å². The molecular weight excluding hydrogens is 188 g/mol. The first-order valence-corrected chi connectivity index (χ1v) is 3.18. The largest absolute Gasteiger partial charge is 0.482 e. The summed E-state index contributed by atoms with van der Waals surface area (Å²) in [6.45, 7) is 8.84. The molecule has 2 amide bonds. The molecule has 0 saturated heterocycles. The Balaban J connectivity index is -0.000000131. The summed E-state index contributed by atoms with van der Waals surface area (Å²) in [6, 6.07) is 0. The number of hydrogen-bond acceptors (Lipinski definition) is 4. The minimum atomic E-state index is -0.833. The minimum Gasteiger partial charge on any atom is -0.482 e. The predicted octanol–water partition coefficient (Wildman–Crippen LogP) is -0.111. The highest BCUT2D eigenvalue weighted by atomic mass is 16.5. The molecule has 0 bridgehead atoms. The molecule has 6 N–H and O–H groups in total. The zero-order chi connectivity index (χ0) is 12.1. The molecule has 0 aromatic carbocycles. The van der Waals surface area contributed by atoms with Gasteiger partial charge in [0, 0.05) is 0 Å². The van der Waals surface area contributed by atoms with Crippen molar-refractivity contribution in [3.05, 3.63) is 37.8 Å². The maximum Gasteiger partial charge on any atom is 0.266 e. The SMILES string of the molecule is C=C(O)O.C=CC(N)=O.C=CC(N)=O. The van der Waals surface area contributed by atoms with E-state index in [1.165, 1.54) is 0 Å². The molecule has 6 nitrogen and oxygen atoms in total. The molecule has 0 unspecified atom stereocenters. The third-order valence-electron chi connectivity index (χ3n) is 0.402. The van der Waals surface area contributed by atoms with E-state index in [2.05, 4.69) is 31.2 Å². The predicted molar refractivity (Wildman–Crippen MR) is 53.2 cm³/mol. The van der Waals surface area contributed by atoms with Crippen molar-refractivity contribution >= 4 is 11.8 Å². The number of aliphatic hydroxyl groups is 2. The second-order valence-electron chi connectivity index (χ2n) is 1.63. The Bertz CT molecular complexity index is 201. The monoisotopic (exact) mass is 202 g/mol. The van der Waals surface area contributed by atoms with Crippen molar-refractivity contribution in [3.63, 3.8) is 0 Å². The maximum atomic E-state index is 9.47. The molecule has 0 fully saturated rings. The van der Waals surface area contributed by atoms with E-state index in [1.54, 1.807) is 0 Å². The minimum absolute atomic E-state index is 0.481. The summed E-state index contributed by atoms with van der Waals surface area (Å²) in [5.41, 5.74) is 9.07. The summed E-state index contributed by atoms with van der Waals surface area (Å²) in [7, 11) is 0. The summed E-state index contributed by atoms with van der Waals surface area (Å²) in [5, 5.41) is 14.8. The summed E-state index contributed by atoms with van der Waals surface area (Å²) in [5.74, 6) is -1.80. The molecule has 14 heavy (non-hydrogen) atoms. The van der Waals surface area contributed by atoms with Crippen molar-refractivity contribution < 1.29 is 19.8 Å². The van der Waals surface area contributed by atoms with Gasteiger partial charge >= 0.3 is 0 Å². The fourth-order valence-electron chi connectivity index (χ4n) is 0. The number of rotatable bonds is 2. The smallest absolute Gasteiger partial charge is 0.266 e. The lowest BCUT2D eigenvalue weighted by Gasteiger charge is -1.69. The van der Waals surface area contributed by atoms with Gasteiger partial charge in [-0.2, -0.15) is 0 Å². The molecule has 0 aromatic rings. The van der Waals surface area contributed by atoms with Crippen LogP contribution >= 0.6 is 0 Å². The topological polar surface area (TPSA) is 127 Å². The van der Waals surface area contributed by atoms with Gasteiger partial charge in [0.25, 0.3) is 5.95 Å². The first-order valence-electron chi connectivity index (χ1n) is 3.18. The van der Waals surface area contributed by atoms with Gasteiger partial charge in [-0.25, -0.2) is 0 Å². The Hall–Kier alpha value is -2.24. The van der Waals surface area contributed by atoms with Crippen molar-refractivity contribution in [1.29, 1.82) is 0 Å². The van der Waals surface area contributed by atoms with Gasteiger partial charge in [0.05, 0.1) is 0 Å². The Morgan fingerprint density at radius 1 is 1.00 bits per heavy atom. The lowest BCUT2D eigenvalue weighted by Crippen LogP contribution is -2.04. The normalized spacial score (nSPS) is 6.29. The van der Waals surface area contributed by atoms with Gasteiger partial charge in [0.15, 0.2) is 0 Å². The Labute approximate surface area is 81.8 Å². The highest BCUT2D eigenvalue weighted by Gasteiger charge is 1.70. The molecule has 0 aliphatic carbocycles. The highest BCUT2D eigenvalue weighted by molar-refractivity contribution is 5.85. The number of carbonyl (C=O) groups excluding carboxylic acids is 2. The Kier molecular flexibility index (Phi) is 16.9. The first kappa shape index (κ1) is 17.7. The van der Waals surface area contributed by atoms with Crippen LogP contribution in [0.5, 0.6) is 0 Å². The molecule has 0 spiro atoms. The van der Waals surface area contributed by atoms with E-state index in [0.717, 1.165) is 12.2 Å². The van der Waals surface area contributed by atoms with E-state index in [4.69, 9.17) is 10.2 Å².